The van der Waals surface area contributed by atoms with Crippen LogP contribution in [0.25, 0.3) is 22.2 Å². The summed E-state index contributed by atoms with van der Waals surface area (Å²) < 4.78 is 19.5. The smallest absolute Gasteiger partial charge is 0.251 e. The van der Waals surface area contributed by atoms with Crippen LogP contribution >= 0.6 is 11.6 Å². The number of hydrogen-bond acceptors (Lipinski definition) is 7. The van der Waals surface area contributed by atoms with Gasteiger partial charge in [0.05, 0.1) is 44.7 Å². The van der Waals surface area contributed by atoms with E-state index in [1.54, 1.807) is 23.9 Å². The summed E-state index contributed by atoms with van der Waals surface area (Å²) in [6.45, 7) is 5.95. The first kappa shape index (κ1) is 28.7. The second kappa shape index (κ2) is 12.1. The van der Waals surface area contributed by atoms with Gasteiger partial charge in [0.15, 0.2) is 5.78 Å². The maximum absolute atomic E-state index is 14.0. The number of fused-ring (bicyclic) bond motifs is 4. The number of Topliss-reactive ketones (excluding diaryl/α,β-unsaturated/α-hetero) is 1. The van der Waals surface area contributed by atoms with Crippen LogP contribution in [0, 0.1) is 5.92 Å². The second-order valence-electron chi connectivity index (χ2n) is 11.5. The van der Waals surface area contributed by atoms with Crippen molar-refractivity contribution in [2.45, 2.75) is 58.0 Å². The minimum absolute atomic E-state index is 0.000303. The molecule has 0 radical (unpaired) electrons. The van der Waals surface area contributed by atoms with Crippen LogP contribution in [-0.2, 0) is 45.5 Å². The van der Waals surface area contributed by atoms with E-state index in [9.17, 15) is 9.59 Å². The molecule has 2 unspecified atom stereocenters. The van der Waals surface area contributed by atoms with E-state index >= 15 is 0 Å². The standard InChI is InChI=1S/C32H35ClN4O5/c1-19(2)31-12-21-5-6-23(33)13-25(21)26-15-32(39)37(16-22(26)17-42-31)29(14-24-18-40-8-9-41-24)30(38)11-20-4-7-27-28(10-20)35-36(3)34-27/h4-7,10,13,15-16,19,24,29,31H,8-9,11-12,14,17-18H2,1-3H3/t24-,29?,31?/m1/s1. The molecule has 4 heterocycles. The third kappa shape index (κ3) is 6.06. The highest BCUT2D eigenvalue weighted by Crippen LogP contribution is 2.34. The molecule has 220 valence electrons. The van der Waals surface area contributed by atoms with Gasteiger partial charge in [0, 0.05) is 42.7 Å². The van der Waals surface area contributed by atoms with Gasteiger partial charge in [-0.05, 0) is 58.9 Å². The fourth-order valence-electron chi connectivity index (χ4n) is 5.90. The third-order valence-corrected chi connectivity index (χ3v) is 8.38. The molecule has 2 aliphatic rings. The largest absolute Gasteiger partial charge is 0.376 e. The molecule has 4 aromatic rings. The van der Waals surface area contributed by atoms with Crippen molar-refractivity contribution in [2.75, 3.05) is 19.8 Å². The molecule has 42 heavy (non-hydrogen) atoms. The molecule has 1 saturated heterocycles. The fraction of sp³-hybridized carbons (Fsp3) is 0.438. The van der Waals surface area contributed by atoms with Gasteiger partial charge in [0.2, 0.25) is 0 Å². The van der Waals surface area contributed by atoms with Gasteiger partial charge < -0.3 is 18.8 Å². The molecule has 0 bridgehead atoms. The highest BCUT2D eigenvalue weighted by atomic mass is 35.5. The molecule has 2 aromatic carbocycles. The van der Waals surface area contributed by atoms with E-state index in [4.69, 9.17) is 25.8 Å². The van der Waals surface area contributed by atoms with Crippen LogP contribution in [0.15, 0.2) is 53.5 Å². The third-order valence-electron chi connectivity index (χ3n) is 8.14. The predicted molar refractivity (Wildman–Crippen MR) is 160 cm³/mol. The fourth-order valence-corrected chi connectivity index (χ4v) is 6.07. The summed E-state index contributed by atoms with van der Waals surface area (Å²) in [6, 6.07) is 12.3. The van der Waals surface area contributed by atoms with E-state index in [0.717, 1.165) is 45.3 Å². The summed E-state index contributed by atoms with van der Waals surface area (Å²) in [5.41, 5.74) is 5.66. The summed E-state index contributed by atoms with van der Waals surface area (Å²) in [6.07, 6.45) is 2.68. The number of halogens is 1. The number of nitrogens with zero attached hydrogens (tertiary/aromatic N) is 4. The monoisotopic (exact) mass is 590 g/mol. The topological polar surface area (TPSA) is 97.5 Å². The minimum atomic E-state index is -0.753. The lowest BCUT2D eigenvalue weighted by Crippen LogP contribution is -2.37. The van der Waals surface area contributed by atoms with E-state index in [1.165, 1.54) is 4.80 Å². The summed E-state index contributed by atoms with van der Waals surface area (Å²) in [4.78, 5) is 29.3. The van der Waals surface area contributed by atoms with Crippen molar-refractivity contribution in [3.05, 3.63) is 80.7 Å². The maximum Gasteiger partial charge on any atom is 0.251 e. The van der Waals surface area contributed by atoms with Gasteiger partial charge >= 0.3 is 0 Å². The number of ether oxygens (including phenoxy) is 3. The highest BCUT2D eigenvalue weighted by Gasteiger charge is 2.30. The average molecular weight is 591 g/mol. The number of aryl methyl sites for hydroxylation is 1. The normalized spacial score (nSPS) is 19.6. The van der Waals surface area contributed by atoms with Crippen LogP contribution in [0.1, 0.15) is 43.0 Å². The molecule has 3 atom stereocenters. The van der Waals surface area contributed by atoms with Gasteiger partial charge in [0.25, 0.3) is 5.56 Å². The quantitative estimate of drug-likeness (QED) is 0.308. The lowest BCUT2D eigenvalue weighted by atomic mass is 9.89. The Balaban J connectivity index is 1.40. The number of ketones is 1. The zero-order valence-electron chi connectivity index (χ0n) is 24.1. The van der Waals surface area contributed by atoms with Crippen molar-refractivity contribution in [2.24, 2.45) is 13.0 Å². The van der Waals surface area contributed by atoms with E-state index in [0.29, 0.717) is 43.8 Å². The Morgan fingerprint density at radius 3 is 2.62 bits per heavy atom. The zero-order chi connectivity index (χ0) is 29.4. The number of benzene rings is 2. The summed E-state index contributed by atoms with van der Waals surface area (Å²) in [5, 5.41) is 9.31. The Hall–Kier alpha value is -3.37. The van der Waals surface area contributed by atoms with Crippen molar-refractivity contribution in [3.63, 3.8) is 0 Å². The maximum atomic E-state index is 14.0. The van der Waals surface area contributed by atoms with Crippen molar-refractivity contribution in [1.29, 1.82) is 0 Å². The van der Waals surface area contributed by atoms with Crippen molar-refractivity contribution in [1.82, 2.24) is 19.6 Å². The van der Waals surface area contributed by atoms with Crippen LogP contribution < -0.4 is 5.56 Å². The molecule has 2 aliphatic heterocycles. The Morgan fingerprint density at radius 2 is 1.83 bits per heavy atom. The lowest BCUT2D eigenvalue weighted by Gasteiger charge is -2.30. The first-order valence-electron chi connectivity index (χ1n) is 14.4. The SMILES string of the molecule is CC(C)C1Cc2ccc(Cl)cc2-c2cc(=O)n(C(C[C@@H]3COCCO3)C(=O)Cc3ccc4nn(C)nc4c3)cc2CO1. The molecule has 0 N–H and O–H groups in total. The van der Waals surface area contributed by atoms with Gasteiger partial charge in [-0.1, -0.05) is 37.6 Å². The summed E-state index contributed by atoms with van der Waals surface area (Å²) in [5.74, 6) is 0.204. The van der Waals surface area contributed by atoms with Crippen LogP contribution in [-0.4, -0.2) is 57.4 Å². The molecule has 1 fully saturated rings. The Kier molecular flexibility index (Phi) is 8.27. The van der Waals surface area contributed by atoms with Crippen LogP contribution in [0.5, 0.6) is 0 Å². The minimum Gasteiger partial charge on any atom is -0.376 e. The number of pyridine rings is 1. The van der Waals surface area contributed by atoms with Gasteiger partial charge in [-0.2, -0.15) is 15.0 Å². The second-order valence-corrected chi connectivity index (χ2v) is 12.0. The Labute approximate surface area is 249 Å². The number of carbonyl (C=O) groups is 1. The Morgan fingerprint density at radius 1 is 1.02 bits per heavy atom. The first-order chi connectivity index (χ1) is 20.2. The number of carbonyl (C=O) groups excluding carboxylic acids is 1. The Bertz CT molecular complexity index is 1670. The van der Waals surface area contributed by atoms with Gasteiger partial charge in [0.1, 0.15) is 11.0 Å². The number of hydrogen-bond donors (Lipinski definition) is 0. The van der Waals surface area contributed by atoms with Crippen molar-refractivity contribution >= 4 is 28.4 Å². The van der Waals surface area contributed by atoms with E-state index in [1.807, 2.05) is 36.4 Å². The van der Waals surface area contributed by atoms with Crippen LogP contribution in [0.3, 0.4) is 0 Å². The molecular weight excluding hydrogens is 556 g/mol. The average Bonchev–Trinajstić information content (AvgIpc) is 3.33. The summed E-state index contributed by atoms with van der Waals surface area (Å²) in [7, 11) is 1.76. The van der Waals surface area contributed by atoms with Crippen LogP contribution in [0.4, 0.5) is 0 Å². The van der Waals surface area contributed by atoms with E-state index in [2.05, 4.69) is 24.0 Å². The van der Waals surface area contributed by atoms with Gasteiger partial charge in [-0.15, -0.1) is 0 Å². The molecule has 0 amide bonds. The predicted octanol–water partition coefficient (Wildman–Crippen LogP) is 4.71. The summed E-state index contributed by atoms with van der Waals surface area (Å²) >= 11 is 6.43. The molecular formula is C32H35ClN4O5. The first-order valence-corrected chi connectivity index (χ1v) is 14.8. The molecule has 2 aromatic heterocycles. The van der Waals surface area contributed by atoms with Crippen molar-refractivity contribution < 1.29 is 19.0 Å². The zero-order valence-corrected chi connectivity index (χ0v) is 24.8. The molecule has 0 spiro atoms. The molecule has 0 saturated carbocycles. The van der Waals surface area contributed by atoms with Crippen molar-refractivity contribution in [3.8, 4) is 11.1 Å². The highest BCUT2D eigenvalue weighted by molar-refractivity contribution is 6.30. The number of aromatic nitrogens is 4. The van der Waals surface area contributed by atoms with E-state index in [-0.39, 0.29) is 30.0 Å². The lowest BCUT2D eigenvalue weighted by molar-refractivity contribution is -0.126. The molecule has 10 heteroatoms. The van der Waals surface area contributed by atoms with Gasteiger partial charge in [-0.25, -0.2) is 0 Å². The van der Waals surface area contributed by atoms with Gasteiger partial charge in [-0.3, -0.25) is 9.59 Å². The number of rotatable bonds is 7. The molecule has 6 rings (SSSR count). The molecule has 9 nitrogen and oxygen atoms in total. The van der Waals surface area contributed by atoms with E-state index < -0.39 is 6.04 Å². The molecule has 0 aliphatic carbocycles. The van der Waals surface area contributed by atoms with Crippen LogP contribution in [0.2, 0.25) is 5.02 Å².